The van der Waals surface area contributed by atoms with E-state index in [2.05, 4.69) is 24.0 Å². The first-order valence-corrected chi connectivity index (χ1v) is 15.3. The van der Waals surface area contributed by atoms with E-state index >= 15 is 0 Å². The van der Waals surface area contributed by atoms with E-state index in [9.17, 15) is 24.0 Å². The summed E-state index contributed by atoms with van der Waals surface area (Å²) in [5, 5.41) is 33.8. The molecular formula is C32H44N4O9. The van der Waals surface area contributed by atoms with Crippen molar-refractivity contribution in [3.8, 4) is 0 Å². The van der Waals surface area contributed by atoms with Gasteiger partial charge in [0.1, 0.15) is 5.82 Å². The fourth-order valence-electron chi connectivity index (χ4n) is 5.75. The number of likely N-dealkylation sites (N-methyl/N-ethyl adjacent to an activating group) is 1. The zero-order chi connectivity index (χ0) is 33.1. The highest BCUT2D eigenvalue weighted by atomic mass is 16.4. The quantitative estimate of drug-likeness (QED) is 0.285. The first-order chi connectivity index (χ1) is 21.3. The van der Waals surface area contributed by atoms with Crippen LogP contribution in [-0.4, -0.2) is 102 Å². The lowest BCUT2D eigenvalue weighted by molar-refractivity contribution is -0.170. The Morgan fingerprint density at radius 2 is 1.60 bits per heavy atom. The molecule has 2 aliphatic rings. The molecule has 1 amide bonds. The van der Waals surface area contributed by atoms with Gasteiger partial charge in [0.25, 0.3) is 5.56 Å². The van der Waals surface area contributed by atoms with Gasteiger partial charge in [0.15, 0.2) is 5.60 Å². The molecule has 1 aromatic carbocycles. The Bertz CT molecular complexity index is 1370. The summed E-state index contributed by atoms with van der Waals surface area (Å²) in [5.74, 6) is -3.24. The number of hydrogen-bond acceptors (Lipinski definition) is 8. The Hall–Kier alpha value is -4.10. The number of carboxylic acids is 3. The largest absolute Gasteiger partial charge is 0.481 e. The summed E-state index contributed by atoms with van der Waals surface area (Å²) in [6, 6.07) is 12.1. The van der Waals surface area contributed by atoms with Gasteiger partial charge in [0.05, 0.1) is 25.1 Å². The van der Waals surface area contributed by atoms with Gasteiger partial charge in [-0.2, -0.15) is 0 Å². The molecule has 4 N–H and O–H groups in total. The maximum absolute atomic E-state index is 12.8. The predicted molar refractivity (Wildman–Crippen MR) is 164 cm³/mol. The summed E-state index contributed by atoms with van der Waals surface area (Å²) in [6.45, 7) is 5.91. The number of benzene rings is 1. The predicted octanol–water partition coefficient (Wildman–Crippen LogP) is 2.16. The number of aromatic nitrogens is 2. The van der Waals surface area contributed by atoms with Crippen molar-refractivity contribution in [1.82, 2.24) is 19.4 Å². The molecule has 13 heteroatoms. The minimum atomic E-state index is -2.74. The highest BCUT2D eigenvalue weighted by Gasteiger charge is 2.40. The number of piperidine rings is 1. The van der Waals surface area contributed by atoms with Crippen LogP contribution in [0.15, 0.2) is 41.2 Å². The molecule has 246 valence electrons. The summed E-state index contributed by atoms with van der Waals surface area (Å²) in [6.07, 6.45) is 3.88. The van der Waals surface area contributed by atoms with Crippen molar-refractivity contribution >= 4 is 23.8 Å². The molecule has 2 aromatic rings. The van der Waals surface area contributed by atoms with Crippen molar-refractivity contribution in [3.63, 3.8) is 0 Å². The number of nitrogens with zero attached hydrogens (tertiary/aromatic N) is 4. The maximum Gasteiger partial charge on any atom is 0.336 e. The molecule has 1 aromatic heterocycles. The topological polar surface area (TPSA) is 191 Å². The van der Waals surface area contributed by atoms with E-state index in [1.54, 1.807) is 6.07 Å². The van der Waals surface area contributed by atoms with Crippen LogP contribution in [0.5, 0.6) is 0 Å². The van der Waals surface area contributed by atoms with Gasteiger partial charge in [-0.25, -0.2) is 9.78 Å². The first kappa shape index (κ1) is 35.4. The highest BCUT2D eigenvalue weighted by Crippen LogP contribution is 2.27. The second-order valence-corrected chi connectivity index (χ2v) is 12.0. The number of rotatable bonds is 11. The molecule has 2 aliphatic heterocycles. The monoisotopic (exact) mass is 628 g/mol. The van der Waals surface area contributed by atoms with Crippen LogP contribution in [0.3, 0.4) is 0 Å². The zero-order valence-corrected chi connectivity index (χ0v) is 25.9. The van der Waals surface area contributed by atoms with Crippen molar-refractivity contribution in [2.24, 2.45) is 0 Å². The lowest BCUT2D eigenvalue weighted by Crippen LogP contribution is -2.43. The SMILES string of the molecule is CC(CN(C)C(=O)CN1CCC(c2cc(=O)n3c(n2)CCCCC3)CC1)c1ccccc1.O=C(O)CC(O)(CC(=O)O)C(=O)O. The summed E-state index contributed by atoms with van der Waals surface area (Å²) >= 11 is 0. The summed E-state index contributed by atoms with van der Waals surface area (Å²) in [5.41, 5.74) is -0.406. The van der Waals surface area contributed by atoms with Crippen LogP contribution in [0.4, 0.5) is 0 Å². The number of fused-ring (bicyclic) bond motifs is 1. The molecule has 0 saturated carbocycles. The lowest BCUT2D eigenvalue weighted by atomic mass is 9.93. The molecule has 1 unspecified atom stereocenters. The standard InChI is InChI=1S/C26H36N4O2.C6H8O7/c1-20(21-9-5-3-6-10-21)18-28(2)26(32)19-29-15-12-22(13-16-29)23-17-25(31)30-14-8-4-7-11-24(30)27-23;7-3(8)1-6(13,5(11)12)2-4(9)10/h3,5-6,9-10,17,20,22H,4,7-8,11-16,18-19H2,1-2H3;13H,1-2H2,(H,7,8)(H,9,10)(H,11,12). The molecule has 0 spiro atoms. The van der Waals surface area contributed by atoms with Gasteiger partial charge >= 0.3 is 17.9 Å². The Kier molecular flexibility index (Phi) is 12.8. The van der Waals surface area contributed by atoms with Gasteiger partial charge < -0.3 is 25.3 Å². The van der Waals surface area contributed by atoms with Crippen molar-refractivity contribution in [2.75, 3.05) is 33.2 Å². The Morgan fingerprint density at radius 1 is 0.978 bits per heavy atom. The fraction of sp³-hybridized carbons (Fsp3) is 0.562. The number of carbonyl (C=O) groups is 4. The summed E-state index contributed by atoms with van der Waals surface area (Å²) in [4.78, 5) is 64.9. The first-order valence-electron chi connectivity index (χ1n) is 15.3. The number of amides is 1. The number of aliphatic carboxylic acids is 3. The van der Waals surface area contributed by atoms with Crippen LogP contribution in [0.1, 0.15) is 80.8 Å². The summed E-state index contributed by atoms with van der Waals surface area (Å²) in [7, 11) is 1.90. The fourth-order valence-corrected chi connectivity index (χ4v) is 5.75. The molecule has 13 nitrogen and oxygen atoms in total. The van der Waals surface area contributed by atoms with Crippen LogP contribution in [0.25, 0.3) is 0 Å². The molecule has 4 rings (SSSR count). The molecule has 1 fully saturated rings. The van der Waals surface area contributed by atoms with E-state index in [0.29, 0.717) is 18.4 Å². The van der Waals surface area contributed by atoms with Crippen molar-refractivity contribution in [3.05, 3.63) is 63.8 Å². The highest BCUT2D eigenvalue weighted by molar-refractivity contribution is 5.88. The van der Waals surface area contributed by atoms with E-state index in [0.717, 1.165) is 69.8 Å². The number of likely N-dealkylation sites (tertiary alicyclic amines) is 1. The van der Waals surface area contributed by atoms with E-state index < -0.39 is 36.4 Å². The van der Waals surface area contributed by atoms with E-state index in [-0.39, 0.29) is 11.5 Å². The normalized spacial score (nSPS) is 16.3. The molecule has 1 atom stereocenters. The van der Waals surface area contributed by atoms with Crippen LogP contribution >= 0.6 is 0 Å². The second kappa shape index (κ2) is 16.3. The molecule has 0 bridgehead atoms. The van der Waals surface area contributed by atoms with Crippen molar-refractivity contribution in [1.29, 1.82) is 0 Å². The molecular weight excluding hydrogens is 584 g/mol. The lowest BCUT2D eigenvalue weighted by Gasteiger charge is -2.33. The maximum atomic E-state index is 12.8. The third-order valence-corrected chi connectivity index (χ3v) is 8.38. The Balaban J connectivity index is 0.000000360. The minimum absolute atomic E-state index is 0.110. The third kappa shape index (κ3) is 10.5. The number of carboxylic acid groups (broad SMARTS) is 3. The smallest absolute Gasteiger partial charge is 0.336 e. The molecule has 1 saturated heterocycles. The zero-order valence-electron chi connectivity index (χ0n) is 25.9. The molecule has 45 heavy (non-hydrogen) atoms. The van der Waals surface area contributed by atoms with E-state index in [1.807, 2.05) is 34.7 Å². The third-order valence-electron chi connectivity index (χ3n) is 8.38. The number of carbonyl (C=O) groups excluding carboxylic acids is 1. The van der Waals surface area contributed by atoms with Crippen LogP contribution in [0, 0.1) is 0 Å². The average Bonchev–Trinajstić information content (AvgIpc) is 3.23. The van der Waals surface area contributed by atoms with E-state index in [1.165, 1.54) is 12.0 Å². The number of aryl methyl sites for hydroxylation is 1. The molecule has 0 aliphatic carbocycles. The van der Waals surface area contributed by atoms with Crippen LogP contribution in [-0.2, 0) is 32.1 Å². The second-order valence-electron chi connectivity index (χ2n) is 12.0. The average molecular weight is 629 g/mol. The van der Waals surface area contributed by atoms with Crippen molar-refractivity contribution in [2.45, 2.75) is 82.3 Å². The number of hydrogen-bond donors (Lipinski definition) is 4. The Labute approximate surface area is 262 Å². The van der Waals surface area contributed by atoms with E-state index in [4.69, 9.17) is 25.4 Å². The molecule has 3 heterocycles. The minimum Gasteiger partial charge on any atom is -0.481 e. The van der Waals surface area contributed by atoms with Gasteiger partial charge in [-0.05, 0) is 50.3 Å². The molecule has 0 radical (unpaired) electrons. The van der Waals surface area contributed by atoms with Gasteiger partial charge in [-0.3, -0.25) is 28.6 Å². The van der Waals surface area contributed by atoms with Crippen LogP contribution < -0.4 is 5.56 Å². The number of aliphatic hydroxyl groups is 1. The van der Waals surface area contributed by atoms with Crippen molar-refractivity contribution < 1.29 is 39.6 Å². The van der Waals surface area contributed by atoms with Crippen LogP contribution in [0.2, 0.25) is 0 Å². The van der Waals surface area contributed by atoms with Gasteiger partial charge in [-0.1, -0.05) is 43.7 Å². The Morgan fingerprint density at radius 3 is 2.18 bits per heavy atom. The van der Waals surface area contributed by atoms with Gasteiger partial charge in [0.2, 0.25) is 5.91 Å². The van der Waals surface area contributed by atoms with Gasteiger partial charge in [0, 0.05) is 38.5 Å². The summed E-state index contributed by atoms with van der Waals surface area (Å²) < 4.78 is 1.87. The van der Waals surface area contributed by atoms with Gasteiger partial charge in [-0.15, -0.1) is 0 Å².